The highest BCUT2D eigenvalue weighted by atomic mass is 32.2. The van der Waals surface area contributed by atoms with Gasteiger partial charge in [0.05, 0.1) is 11.5 Å². The van der Waals surface area contributed by atoms with E-state index in [0.717, 1.165) is 25.7 Å². The van der Waals surface area contributed by atoms with Gasteiger partial charge in [-0.15, -0.1) is 0 Å². The molecule has 0 bridgehead atoms. The molecule has 2 rings (SSSR count). The van der Waals surface area contributed by atoms with Crippen LogP contribution in [0.25, 0.3) is 0 Å². The first-order valence-electron chi connectivity index (χ1n) is 7.59. The molecule has 1 aromatic rings. The van der Waals surface area contributed by atoms with Crippen LogP contribution >= 0.6 is 0 Å². The number of hydrogen-bond acceptors (Lipinski definition) is 3. The SMILES string of the molecule is CCn1cc(S(=O)(=O)NC2CCCC(C)(C)C2)cc1CO. The summed E-state index contributed by atoms with van der Waals surface area (Å²) in [7, 11) is -3.51. The average molecular weight is 314 g/mol. The van der Waals surface area contributed by atoms with Gasteiger partial charge in [0.2, 0.25) is 10.0 Å². The summed E-state index contributed by atoms with van der Waals surface area (Å²) in [5.74, 6) is 0. The molecule has 120 valence electrons. The van der Waals surface area contributed by atoms with Gasteiger partial charge in [0.15, 0.2) is 0 Å². The molecule has 0 radical (unpaired) electrons. The minimum absolute atomic E-state index is 0.00121. The smallest absolute Gasteiger partial charge is 0.242 e. The molecule has 1 unspecified atom stereocenters. The van der Waals surface area contributed by atoms with Crippen molar-refractivity contribution in [2.45, 2.75) is 70.5 Å². The third-order valence-corrected chi connectivity index (χ3v) is 5.79. The number of hydrogen-bond donors (Lipinski definition) is 2. The summed E-state index contributed by atoms with van der Waals surface area (Å²) in [5, 5.41) is 9.28. The van der Waals surface area contributed by atoms with E-state index in [1.54, 1.807) is 16.8 Å². The first-order chi connectivity index (χ1) is 9.77. The first kappa shape index (κ1) is 16.5. The lowest BCUT2D eigenvalue weighted by Gasteiger charge is -2.35. The highest BCUT2D eigenvalue weighted by molar-refractivity contribution is 7.89. The number of aliphatic hydroxyl groups excluding tert-OH is 1. The lowest BCUT2D eigenvalue weighted by atomic mass is 9.75. The quantitative estimate of drug-likeness (QED) is 0.875. The van der Waals surface area contributed by atoms with Gasteiger partial charge in [0, 0.05) is 24.5 Å². The van der Waals surface area contributed by atoms with Crippen LogP contribution in [0, 0.1) is 5.41 Å². The van der Waals surface area contributed by atoms with Crippen molar-refractivity contribution in [3.63, 3.8) is 0 Å². The Morgan fingerprint density at radius 1 is 1.48 bits per heavy atom. The van der Waals surface area contributed by atoms with Gasteiger partial charge in [-0.1, -0.05) is 20.3 Å². The van der Waals surface area contributed by atoms with Crippen molar-refractivity contribution in [1.82, 2.24) is 9.29 Å². The van der Waals surface area contributed by atoms with Gasteiger partial charge in [-0.25, -0.2) is 13.1 Å². The Hall–Kier alpha value is -0.850. The number of aliphatic hydroxyl groups is 1. The topological polar surface area (TPSA) is 71.3 Å². The fourth-order valence-corrected chi connectivity index (χ4v) is 4.52. The molecule has 1 aliphatic carbocycles. The number of nitrogens with zero attached hydrogens (tertiary/aromatic N) is 1. The zero-order valence-corrected chi connectivity index (χ0v) is 13.9. The monoisotopic (exact) mass is 314 g/mol. The molecule has 1 aliphatic rings. The molecular weight excluding hydrogens is 288 g/mol. The molecule has 21 heavy (non-hydrogen) atoms. The number of nitrogens with one attached hydrogen (secondary N) is 1. The summed E-state index contributed by atoms with van der Waals surface area (Å²) >= 11 is 0. The first-order valence-corrected chi connectivity index (χ1v) is 9.08. The molecule has 0 amide bonds. The summed E-state index contributed by atoms with van der Waals surface area (Å²) < 4.78 is 29.6. The van der Waals surface area contributed by atoms with Crippen molar-refractivity contribution in [1.29, 1.82) is 0 Å². The molecular formula is C15H26N2O3S. The van der Waals surface area contributed by atoms with Crippen LogP contribution in [0.4, 0.5) is 0 Å². The summed E-state index contributed by atoms with van der Waals surface area (Å²) in [5.41, 5.74) is 0.818. The van der Waals surface area contributed by atoms with Crippen LogP contribution < -0.4 is 4.72 Å². The molecule has 1 fully saturated rings. The maximum atomic E-state index is 12.5. The third kappa shape index (κ3) is 3.87. The van der Waals surface area contributed by atoms with Crippen LogP contribution in [0.1, 0.15) is 52.1 Å². The average Bonchev–Trinajstić information content (AvgIpc) is 2.80. The normalized spacial score (nSPS) is 22.4. The summed E-state index contributed by atoms with van der Waals surface area (Å²) in [6, 6.07) is 1.56. The van der Waals surface area contributed by atoms with Crippen molar-refractivity contribution >= 4 is 10.0 Å². The van der Waals surface area contributed by atoms with E-state index in [4.69, 9.17) is 0 Å². The van der Waals surface area contributed by atoms with Crippen LogP contribution in [-0.4, -0.2) is 24.1 Å². The van der Waals surface area contributed by atoms with Crippen LogP contribution in [0.2, 0.25) is 0 Å². The molecule has 2 N–H and O–H groups in total. The summed E-state index contributed by atoms with van der Waals surface area (Å²) in [6.07, 6.45) is 5.56. The summed E-state index contributed by atoms with van der Waals surface area (Å²) in [6.45, 7) is 6.78. The van der Waals surface area contributed by atoms with Crippen molar-refractivity contribution in [3.8, 4) is 0 Å². The second kappa shape index (κ2) is 6.10. The van der Waals surface area contributed by atoms with Gasteiger partial charge >= 0.3 is 0 Å². The van der Waals surface area contributed by atoms with Crippen LogP contribution in [0.15, 0.2) is 17.2 Å². The molecule has 0 aliphatic heterocycles. The molecule has 5 nitrogen and oxygen atoms in total. The van der Waals surface area contributed by atoms with E-state index in [2.05, 4.69) is 18.6 Å². The van der Waals surface area contributed by atoms with E-state index in [-0.39, 0.29) is 23.0 Å². The van der Waals surface area contributed by atoms with Crippen molar-refractivity contribution in [2.24, 2.45) is 5.41 Å². The number of aryl methyl sites for hydroxylation is 1. The van der Waals surface area contributed by atoms with Gasteiger partial charge in [0.25, 0.3) is 0 Å². The highest BCUT2D eigenvalue weighted by Crippen LogP contribution is 2.35. The molecule has 0 spiro atoms. The largest absolute Gasteiger partial charge is 0.390 e. The Morgan fingerprint density at radius 3 is 2.71 bits per heavy atom. The second-order valence-corrected chi connectivity index (χ2v) is 8.40. The number of sulfonamides is 1. The van der Waals surface area contributed by atoms with Crippen molar-refractivity contribution < 1.29 is 13.5 Å². The highest BCUT2D eigenvalue weighted by Gasteiger charge is 2.31. The van der Waals surface area contributed by atoms with Gasteiger partial charge in [-0.3, -0.25) is 0 Å². The van der Waals surface area contributed by atoms with E-state index < -0.39 is 10.0 Å². The minimum Gasteiger partial charge on any atom is -0.390 e. The van der Waals surface area contributed by atoms with E-state index in [0.29, 0.717) is 12.2 Å². The Labute approximate surface area is 127 Å². The van der Waals surface area contributed by atoms with Crippen LogP contribution in [0.3, 0.4) is 0 Å². The van der Waals surface area contributed by atoms with Gasteiger partial charge < -0.3 is 9.67 Å². The number of aromatic nitrogens is 1. The van der Waals surface area contributed by atoms with E-state index in [1.807, 2.05) is 6.92 Å². The minimum atomic E-state index is -3.51. The van der Waals surface area contributed by atoms with Crippen LogP contribution in [0.5, 0.6) is 0 Å². The van der Waals surface area contributed by atoms with Gasteiger partial charge in [0.1, 0.15) is 0 Å². The van der Waals surface area contributed by atoms with Crippen LogP contribution in [-0.2, 0) is 23.2 Å². The van der Waals surface area contributed by atoms with Crippen molar-refractivity contribution in [3.05, 3.63) is 18.0 Å². The summed E-state index contributed by atoms with van der Waals surface area (Å²) in [4.78, 5) is 0.247. The zero-order chi connectivity index (χ0) is 15.7. The molecule has 0 aromatic carbocycles. The molecule has 1 heterocycles. The number of rotatable bonds is 5. The Balaban J connectivity index is 2.16. The fraction of sp³-hybridized carbons (Fsp3) is 0.733. The van der Waals surface area contributed by atoms with E-state index >= 15 is 0 Å². The zero-order valence-electron chi connectivity index (χ0n) is 13.1. The van der Waals surface area contributed by atoms with Gasteiger partial charge in [-0.05, 0) is 37.7 Å². The standard InChI is InChI=1S/C15H26N2O3S/c1-4-17-10-14(8-13(17)11-18)21(19,20)16-12-6-5-7-15(2,3)9-12/h8,10,12,16,18H,4-7,9,11H2,1-3H3. The lowest BCUT2D eigenvalue weighted by molar-refractivity contribution is 0.212. The Bertz CT molecular complexity index is 569. The predicted octanol–water partition coefficient (Wildman–Crippen LogP) is 2.25. The maximum Gasteiger partial charge on any atom is 0.242 e. The maximum absolute atomic E-state index is 12.5. The predicted molar refractivity (Wildman–Crippen MR) is 82.4 cm³/mol. The molecule has 1 saturated carbocycles. The third-order valence-electron chi connectivity index (χ3n) is 4.30. The fourth-order valence-electron chi connectivity index (χ4n) is 3.18. The van der Waals surface area contributed by atoms with Crippen molar-refractivity contribution in [2.75, 3.05) is 0 Å². The molecule has 1 atom stereocenters. The van der Waals surface area contributed by atoms with E-state index in [1.165, 1.54) is 0 Å². The Kier molecular flexibility index (Phi) is 4.80. The molecule has 0 saturated heterocycles. The van der Waals surface area contributed by atoms with Gasteiger partial charge in [-0.2, -0.15) is 0 Å². The second-order valence-electron chi connectivity index (χ2n) is 6.69. The Morgan fingerprint density at radius 2 is 2.19 bits per heavy atom. The lowest BCUT2D eigenvalue weighted by Crippen LogP contribution is -2.40. The van der Waals surface area contributed by atoms with E-state index in [9.17, 15) is 13.5 Å². The molecule has 6 heteroatoms. The molecule has 1 aromatic heterocycles.